The van der Waals surface area contributed by atoms with Gasteiger partial charge in [0.15, 0.2) is 0 Å². The number of aromatic carboxylic acids is 1. The molecule has 0 fully saturated rings. The van der Waals surface area contributed by atoms with Crippen molar-refractivity contribution in [1.29, 1.82) is 0 Å². The van der Waals surface area contributed by atoms with Gasteiger partial charge in [-0.25, -0.2) is 14.8 Å². The van der Waals surface area contributed by atoms with Crippen molar-refractivity contribution >= 4 is 17.5 Å². The van der Waals surface area contributed by atoms with Crippen molar-refractivity contribution in [1.82, 2.24) is 9.97 Å². The molecule has 0 aliphatic heterocycles. The molecule has 0 saturated carbocycles. The zero-order valence-corrected chi connectivity index (χ0v) is 9.21. The first-order valence-electron chi connectivity index (χ1n) is 5.06. The Bertz CT molecular complexity index is 555. The van der Waals surface area contributed by atoms with Crippen LogP contribution >= 0.6 is 0 Å². The minimum absolute atomic E-state index is 0.219. The normalized spacial score (nSPS) is 9.94. The summed E-state index contributed by atoms with van der Waals surface area (Å²) in [5.74, 6) is -0.895. The van der Waals surface area contributed by atoms with E-state index in [-0.39, 0.29) is 5.82 Å². The molecule has 2 N–H and O–H groups in total. The molecule has 0 spiro atoms. The first kappa shape index (κ1) is 11.1. The van der Waals surface area contributed by atoms with Gasteiger partial charge in [-0.3, -0.25) is 0 Å². The Morgan fingerprint density at radius 3 is 2.76 bits per heavy atom. The molecule has 2 rings (SSSR count). The highest BCUT2D eigenvalue weighted by Gasteiger charge is 2.07. The molecule has 1 aromatic heterocycles. The van der Waals surface area contributed by atoms with Crippen LogP contribution in [-0.2, 0) is 0 Å². The number of hydrogen-bond donors (Lipinski definition) is 2. The molecular formula is C12H11N3O2. The fourth-order valence-corrected chi connectivity index (χ4v) is 1.38. The zero-order valence-electron chi connectivity index (χ0n) is 9.21. The number of carboxylic acid groups (broad SMARTS) is 1. The van der Waals surface area contributed by atoms with E-state index in [4.69, 9.17) is 5.11 Å². The minimum atomic E-state index is -1.14. The highest BCUT2D eigenvalue weighted by Crippen LogP contribution is 2.17. The third kappa shape index (κ3) is 2.57. The second-order valence-electron chi connectivity index (χ2n) is 3.51. The van der Waals surface area contributed by atoms with Crippen molar-refractivity contribution < 1.29 is 9.90 Å². The van der Waals surface area contributed by atoms with Crippen LogP contribution in [0.3, 0.4) is 0 Å². The minimum Gasteiger partial charge on any atom is -0.475 e. The van der Waals surface area contributed by atoms with Crippen LogP contribution in [0, 0.1) is 6.92 Å². The van der Waals surface area contributed by atoms with Crippen molar-refractivity contribution in [3.63, 3.8) is 0 Å². The topological polar surface area (TPSA) is 75.1 Å². The second kappa shape index (κ2) is 4.61. The molecule has 0 radical (unpaired) electrons. The number of nitrogens with one attached hydrogen (secondary N) is 1. The predicted octanol–water partition coefficient (Wildman–Crippen LogP) is 2.23. The highest BCUT2D eigenvalue weighted by atomic mass is 16.4. The SMILES string of the molecule is Cc1ccccc1Nc1ccnc(C(=O)O)n1. The number of para-hydroxylation sites is 1. The molecule has 0 amide bonds. The number of hydrogen-bond acceptors (Lipinski definition) is 4. The average Bonchev–Trinajstić information content (AvgIpc) is 2.32. The van der Waals surface area contributed by atoms with Crippen LogP contribution in [0.4, 0.5) is 11.5 Å². The van der Waals surface area contributed by atoms with Crippen LogP contribution in [0.5, 0.6) is 0 Å². The standard InChI is InChI=1S/C12H11N3O2/c1-8-4-2-3-5-9(8)14-10-6-7-13-11(15-10)12(16)17/h2-7H,1H3,(H,16,17)(H,13,14,15). The number of carbonyl (C=O) groups is 1. The number of aromatic nitrogens is 2. The lowest BCUT2D eigenvalue weighted by molar-refractivity contribution is 0.0683. The first-order chi connectivity index (χ1) is 8.16. The number of carboxylic acids is 1. The summed E-state index contributed by atoms with van der Waals surface area (Å²) in [6, 6.07) is 9.32. The van der Waals surface area contributed by atoms with Crippen LogP contribution in [0.2, 0.25) is 0 Å². The Hall–Kier alpha value is -2.43. The second-order valence-corrected chi connectivity index (χ2v) is 3.51. The van der Waals surface area contributed by atoms with Gasteiger partial charge in [0.2, 0.25) is 5.82 Å². The fraction of sp³-hybridized carbons (Fsp3) is 0.0833. The summed E-state index contributed by atoms with van der Waals surface area (Å²) in [5, 5.41) is 11.8. The molecule has 1 heterocycles. The van der Waals surface area contributed by atoms with Crippen LogP contribution < -0.4 is 5.32 Å². The molecule has 5 nitrogen and oxygen atoms in total. The maximum Gasteiger partial charge on any atom is 0.374 e. The lowest BCUT2D eigenvalue weighted by atomic mass is 10.2. The van der Waals surface area contributed by atoms with E-state index in [2.05, 4.69) is 15.3 Å². The first-order valence-corrected chi connectivity index (χ1v) is 5.06. The Morgan fingerprint density at radius 1 is 1.29 bits per heavy atom. The molecular weight excluding hydrogens is 218 g/mol. The summed E-state index contributed by atoms with van der Waals surface area (Å²) in [5.41, 5.74) is 1.95. The number of benzene rings is 1. The van der Waals surface area contributed by atoms with Crippen molar-refractivity contribution in [3.05, 3.63) is 47.9 Å². The molecule has 17 heavy (non-hydrogen) atoms. The Labute approximate surface area is 98.2 Å². The van der Waals surface area contributed by atoms with Gasteiger partial charge in [-0.15, -0.1) is 0 Å². The summed E-state index contributed by atoms with van der Waals surface area (Å²) >= 11 is 0. The van der Waals surface area contributed by atoms with E-state index in [1.165, 1.54) is 6.20 Å². The molecule has 0 aliphatic carbocycles. The van der Waals surface area contributed by atoms with Gasteiger partial charge in [0, 0.05) is 11.9 Å². The molecule has 0 saturated heterocycles. The number of anilines is 2. The molecule has 1 aromatic carbocycles. The molecule has 0 unspecified atom stereocenters. The maximum atomic E-state index is 10.7. The average molecular weight is 229 g/mol. The predicted molar refractivity (Wildman–Crippen MR) is 63.5 cm³/mol. The van der Waals surface area contributed by atoms with Crippen LogP contribution in [0.15, 0.2) is 36.5 Å². The molecule has 0 bridgehead atoms. The largest absolute Gasteiger partial charge is 0.475 e. The van der Waals surface area contributed by atoms with E-state index in [0.29, 0.717) is 5.82 Å². The summed E-state index contributed by atoms with van der Waals surface area (Å²) in [6.07, 6.45) is 1.41. The van der Waals surface area contributed by atoms with Crippen LogP contribution in [0.25, 0.3) is 0 Å². The summed E-state index contributed by atoms with van der Waals surface area (Å²) in [6.45, 7) is 1.96. The van der Waals surface area contributed by atoms with Crippen molar-refractivity contribution in [3.8, 4) is 0 Å². The van der Waals surface area contributed by atoms with Crippen molar-refractivity contribution in [2.24, 2.45) is 0 Å². The van der Waals surface area contributed by atoms with Crippen molar-refractivity contribution in [2.45, 2.75) is 6.92 Å². The van der Waals surface area contributed by atoms with Gasteiger partial charge in [-0.1, -0.05) is 18.2 Å². The van der Waals surface area contributed by atoms with Gasteiger partial charge in [0.1, 0.15) is 5.82 Å². The monoisotopic (exact) mass is 229 g/mol. The number of aryl methyl sites for hydroxylation is 1. The van der Waals surface area contributed by atoms with Gasteiger partial charge in [-0.2, -0.15) is 0 Å². The van der Waals surface area contributed by atoms with E-state index in [0.717, 1.165) is 11.3 Å². The van der Waals surface area contributed by atoms with E-state index < -0.39 is 5.97 Å². The summed E-state index contributed by atoms with van der Waals surface area (Å²) < 4.78 is 0. The lowest BCUT2D eigenvalue weighted by Crippen LogP contribution is -2.05. The third-order valence-electron chi connectivity index (χ3n) is 2.25. The van der Waals surface area contributed by atoms with Gasteiger partial charge in [-0.05, 0) is 24.6 Å². The molecule has 0 atom stereocenters. The molecule has 5 heteroatoms. The van der Waals surface area contributed by atoms with E-state index in [1.807, 2.05) is 31.2 Å². The van der Waals surface area contributed by atoms with Crippen molar-refractivity contribution in [2.75, 3.05) is 5.32 Å². The van der Waals surface area contributed by atoms with Gasteiger partial charge < -0.3 is 10.4 Å². The molecule has 2 aromatic rings. The highest BCUT2D eigenvalue weighted by molar-refractivity contribution is 5.83. The molecule has 0 aliphatic rings. The van der Waals surface area contributed by atoms with Crippen LogP contribution in [-0.4, -0.2) is 21.0 Å². The van der Waals surface area contributed by atoms with Crippen LogP contribution in [0.1, 0.15) is 16.2 Å². The molecule has 86 valence electrons. The van der Waals surface area contributed by atoms with E-state index in [9.17, 15) is 4.79 Å². The summed E-state index contributed by atoms with van der Waals surface area (Å²) in [7, 11) is 0. The van der Waals surface area contributed by atoms with Gasteiger partial charge in [0.05, 0.1) is 0 Å². The number of rotatable bonds is 3. The lowest BCUT2D eigenvalue weighted by Gasteiger charge is -2.08. The quantitative estimate of drug-likeness (QED) is 0.844. The van der Waals surface area contributed by atoms with E-state index in [1.54, 1.807) is 6.07 Å². The number of nitrogens with zero attached hydrogens (tertiary/aromatic N) is 2. The zero-order chi connectivity index (χ0) is 12.3. The van der Waals surface area contributed by atoms with Gasteiger partial charge in [0.25, 0.3) is 0 Å². The smallest absolute Gasteiger partial charge is 0.374 e. The Morgan fingerprint density at radius 2 is 2.06 bits per heavy atom. The Kier molecular flexibility index (Phi) is 3.00. The Balaban J connectivity index is 2.28. The summed E-state index contributed by atoms with van der Waals surface area (Å²) in [4.78, 5) is 18.3. The van der Waals surface area contributed by atoms with Gasteiger partial charge >= 0.3 is 5.97 Å². The van der Waals surface area contributed by atoms with E-state index >= 15 is 0 Å². The fourth-order valence-electron chi connectivity index (χ4n) is 1.38. The maximum absolute atomic E-state index is 10.7. The third-order valence-corrected chi connectivity index (χ3v) is 2.25.